The van der Waals surface area contributed by atoms with Crippen LogP contribution in [0.2, 0.25) is 0 Å². The molecule has 1 saturated heterocycles. The Balaban J connectivity index is 1.78. The van der Waals surface area contributed by atoms with E-state index in [0.717, 1.165) is 23.2 Å². The van der Waals surface area contributed by atoms with Crippen LogP contribution in [0.4, 0.5) is 5.69 Å². The summed E-state index contributed by atoms with van der Waals surface area (Å²) in [7, 11) is 0. The highest BCUT2D eigenvalue weighted by Crippen LogP contribution is 2.20. The third-order valence-corrected chi connectivity index (χ3v) is 4.13. The molecule has 0 saturated carbocycles. The number of hydrogen-bond donors (Lipinski definition) is 1. The highest BCUT2D eigenvalue weighted by Gasteiger charge is 2.21. The zero-order valence-electron chi connectivity index (χ0n) is 11.8. The number of carboxylic acid groups (broad SMARTS) is 1. The highest BCUT2D eigenvalue weighted by molar-refractivity contribution is 9.10. The monoisotopic (exact) mass is 354 g/mol. The Morgan fingerprint density at radius 2 is 1.67 bits per heavy atom. The van der Waals surface area contributed by atoms with Gasteiger partial charge in [-0.25, -0.2) is 0 Å². The number of carbonyl (C=O) groups is 2. The molecule has 1 N–H and O–H groups in total. The number of rotatable bonds is 5. The molecule has 1 amide bonds. The Hall–Kier alpha value is -1.56. The van der Waals surface area contributed by atoms with Gasteiger partial charge in [0.1, 0.15) is 0 Å². The minimum atomic E-state index is -0.845. The van der Waals surface area contributed by atoms with Crippen molar-refractivity contribution in [3.8, 4) is 0 Å². The Morgan fingerprint density at radius 3 is 2.24 bits per heavy atom. The number of halogens is 1. The first-order valence-corrected chi connectivity index (χ1v) is 7.85. The van der Waals surface area contributed by atoms with Gasteiger partial charge < -0.3 is 14.9 Å². The Morgan fingerprint density at radius 1 is 1.05 bits per heavy atom. The summed E-state index contributed by atoms with van der Waals surface area (Å²) in [4.78, 5) is 26.5. The van der Waals surface area contributed by atoms with Crippen molar-refractivity contribution < 1.29 is 14.7 Å². The predicted octanol–water partition coefficient (Wildman–Crippen LogP) is 2.35. The third-order valence-electron chi connectivity index (χ3n) is 3.61. The number of carbonyl (C=O) groups excluding carboxylic acids is 1. The van der Waals surface area contributed by atoms with Crippen molar-refractivity contribution in [2.45, 2.75) is 19.3 Å². The fourth-order valence-electron chi connectivity index (χ4n) is 2.41. The van der Waals surface area contributed by atoms with Crippen LogP contribution >= 0.6 is 15.9 Å². The average Bonchev–Trinajstić information content (AvgIpc) is 2.48. The van der Waals surface area contributed by atoms with Crippen LogP contribution in [0, 0.1) is 0 Å². The van der Waals surface area contributed by atoms with Gasteiger partial charge in [-0.1, -0.05) is 15.9 Å². The molecule has 6 heteroatoms. The van der Waals surface area contributed by atoms with Crippen LogP contribution in [0.5, 0.6) is 0 Å². The maximum absolute atomic E-state index is 12.0. The first-order valence-electron chi connectivity index (χ1n) is 7.06. The molecule has 0 bridgehead atoms. The third kappa shape index (κ3) is 4.74. The van der Waals surface area contributed by atoms with E-state index >= 15 is 0 Å². The molecule has 0 aromatic heterocycles. The predicted molar refractivity (Wildman–Crippen MR) is 84.4 cm³/mol. The van der Waals surface area contributed by atoms with Crippen LogP contribution in [0.1, 0.15) is 19.3 Å². The largest absolute Gasteiger partial charge is 0.481 e. The number of hydrogen-bond acceptors (Lipinski definition) is 3. The summed E-state index contributed by atoms with van der Waals surface area (Å²) < 4.78 is 1.05. The van der Waals surface area contributed by atoms with Crippen LogP contribution < -0.4 is 4.90 Å². The van der Waals surface area contributed by atoms with E-state index in [2.05, 4.69) is 33.0 Å². The summed E-state index contributed by atoms with van der Waals surface area (Å²) in [5.41, 5.74) is 1.16. The van der Waals surface area contributed by atoms with E-state index in [1.54, 1.807) is 0 Å². The van der Waals surface area contributed by atoms with Gasteiger partial charge in [-0.3, -0.25) is 9.59 Å². The lowest BCUT2D eigenvalue weighted by Crippen LogP contribution is -2.48. The van der Waals surface area contributed by atoms with Crippen LogP contribution in [0.3, 0.4) is 0 Å². The molecule has 0 spiro atoms. The molecule has 21 heavy (non-hydrogen) atoms. The van der Waals surface area contributed by atoms with Crippen molar-refractivity contribution in [2.24, 2.45) is 0 Å². The standard InChI is InChI=1S/C15H19BrN2O3/c16-12-4-6-13(7-5-12)17-8-10-18(11-9-17)14(19)2-1-3-15(20)21/h4-7H,1-3,8-11H2,(H,20,21). The van der Waals surface area contributed by atoms with Gasteiger partial charge in [0.15, 0.2) is 0 Å². The number of amides is 1. The molecule has 2 rings (SSSR count). The van der Waals surface area contributed by atoms with Crippen LogP contribution in [-0.4, -0.2) is 48.1 Å². The lowest BCUT2D eigenvalue weighted by molar-refractivity contribution is -0.137. The van der Waals surface area contributed by atoms with Gasteiger partial charge in [-0.2, -0.15) is 0 Å². The molecule has 114 valence electrons. The maximum atomic E-state index is 12.0. The molecule has 1 aromatic rings. The number of aliphatic carboxylic acids is 1. The molecule has 0 aliphatic carbocycles. The Bertz CT molecular complexity index is 496. The molecule has 1 aliphatic heterocycles. The zero-order valence-corrected chi connectivity index (χ0v) is 13.4. The minimum Gasteiger partial charge on any atom is -0.481 e. The number of anilines is 1. The van der Waals surface area contributed by atoms with Gasteiger partial charge >= 0.3 is 5.97 Å². The first kappa shape index (κ1) is 15.8. The Labute approximate surface area is 132 Å². The lowest BCUT2D eigenvalue weighted by atomic mass is 10.2. The molecular weight excluding hydrogens is 336 g/mol. The summed E-state index contributed by atoms with van der Waals surface area (Å²) in [5, 5.41) is 8.58. The van der Waals surface area contributed by atoms with Gasteiger partial charge in [0, 0.05) is 49.2 Å². The van der Waals surface area contributed by atoms with E-state index in [0.29, 0.717) is 25.9 Å². The fraction of sp³-hybridized carbons (Fsp3) is 0.467. The van der Waals surface area contributed by atoms with E-state index in [1.807, 2.05) is 17.0 Å². The van der Waals surface area contributed by atoms with Gasteiger partial charge in [0.25, 0.3) is 0 Å². The molecular formula is C15H19BrN2O3. The van der Waals surface area contributed by atoms with Crippen molar-refractivity contribution in [3.63, 3.8) is 0 Å². The van der Waals surface area contributed by atoms with Gasteiger partial charge in [0.05, 0.1) is 0 Å². The molecule has 1 aromatic carbocycles. The second kappa shape index (κ2) is 7.45. The van der Waals surface area contributed by atoms with Crippen LogP contribution in [0.15, 0.2) is 28.7 Å². The summed E-state index contributed by atoms with van der Waals surface area (Å²) in [6, 6.07) is 8.15. The fourth-order valence-corrected chi connectivity index (χ4v) is 2.68. The van der Waals surface area contributed by atoms with Crippen molar-refractivity contribution >= 4 is 33.5 Å². The van der Waals surface area contributed by atoms with Crippen molar-refractivity contribution in [2.75, 3.05) is 31.1 Å². The molecule has 0 unspecified atom stereocenters. The van der Waals surface area contributed by atoms with Crippen molar-refractivity contribution in [3.05, 3.63) is 28.7 Å². The normalized spacial score (nSPS) is 15.1. The number of carboxylic acids is 1. The van der Waals surface area contributed by atoms with Crippen molar-refractivity contribution in [1.29, 1.82) is 0 Å². The topological polar surface area (TPSA) is 60.9 Å². The van der Waals surface area contributed by atoms with Crippen molar-refractivity contribution in [1.82, 2.24) is 4.90 Å². The summed E-state index contributed by atoms with van der Waals surface area (Å²) in [6.07, 6.45) is 0.802. The second-order valence-electron chi connectivity index (χ2n) is 5.09. The van der Waals surface area contributed by atoms with E-state index in [-0.39, 0.29) is 12.3 Å². The minimum absolute atomic E-state index is 0.0601. The van der Waals surface area contributed by atoms with Gasteiger partial charge in [-0.05, 0) is 30.7 Å². The van der Waals surface area contributed by atoms with E-state index in [1.165, 1.54) is 0 Å². The molecule has 0 atom stereocenters. The number of benzene rings is 1. The SMILES string of the molecule is O=C(O)CCCC(=O)N1CCN(c2ccc(Br)cc2)CC1. The smallest absolute Gasteiger partial charge is 0.303 e. The van der Waals surface area contributed by atoms with Gasteiger partial charge in [-0.15, -0.1) is 0 Å². The quantitative estimate of drug-likeness (QED) is 0.881. The van der Waals surface area contributed by atoms with Crippen LogP contribution in [-0.2, 0) is 9.59 Å². The van der Waals surface area contributed by atoms with Crippen LogP contribution in [0.25, 0.3) is 0 Å². The molecule has 1 aliphatic rings. The number of nitrogens with zero attached hydrogens (tertiary/aromatic N) is 2. The van der Waals surface area contributed by atoms with E-state index < -0.39 is 5.97 Å². The molecule has 0 radical (unpaired) electrons. The Kier molecular flexibility index (Phi) is 5.61. The van der Waals surface area contributed by atoms with E-state index in [4.69, 9.17) is 5.11 Å². The maximum Gasteiger partial charge on any atom is 0.303 e. The van der Waals surface area contributed by atoms with Gasteiger partial charge in [0.2, 0.25) is 5.91 Å². The number of piperazine rings is 1. The molecule has 1 fully saturated rings. The first-order chi connectivity index (χ1) is 10.1. The summed E-state index contributed by atoms with van der Waals surface area (Å²) >= 11 is 3.42. The average molecular weight is 355 g/mol. The summed E-state index contributed by atoms with van der Waals surface area (Å²) in [5.74, 6) is -0.783. The lowest BCUT2D eigenvalue weighted by Gasteiger charge is -2.36. The molecule has 5 nitrogen and oxygen atoms in total. The highest BCUT2D eigenvalue weighted by atomic mass is 79.9. The second-order valence-corrected chi connectivity index (χ2v) is 6.01. The van der Waals surface area contributed by atoms with E-state index in [9.17, 15) is 9.59 Å². The zero-order chi connectivity index (χ0) is 15.2. The molecule has 1 heterocycles. The summed E-state index contributed by atoms with van der Waals surface area (Å²) in [6.45, 7) is 3.02.